The second-order valence-electron chi connectivity index (χ2n) is 6.98. The van der Waals surface area contributed by atoms with Gasteiger partial charge in [0, 0.05) is 0 Å². The van der Waals surface area contributed by atoms with Gasteiger partial charge in [0.2, 0.25) is 17.7 Å². The molecule has 0 saturated heterocycles. The Morgan fingerprint density at radius 2 is 1.71 bits per heavy atom. The fraction of sp³-hybridized carbons (Fsp3) is 0.500. The lowest BCUT2D eigenvalue weighted by Gasteiger charge is -2.25. The van der Waals surface area contributed by atoms with Gasteiger partial charge in [-0.05, 0) is 37.3 Å². The zero-order valence-corrected chi connectivity index (χ0v) is 18.4. The normalized spacial score (nSPS) is 14.6. The molecule has 0 bridgehead atoms. The highest BCUT2D eigenvalue weighted by Crippen LogP contribution is 2.06. The molecule has 4 atom stereocenters. The SMILES string of the molecule is CSCCC(NC(=O)C(N)Cc1ccccc1)C(=O)NC(C(=O)NCC(=O)O)C(C)O. The van der Waals surface area contributed by atoms with Crippen molar-refractivity contribution in [2.24, 2.45) is 5.73 Å². The number of aliphatic hydroxyl groups excluding tert-OH is 1. The molecule has 0 spiro atoms. The molecule has 0 fully saturated rings. The zero-order chi connectivity index (χ0) is 23.4. The van der Waals surface area contributed by atoms with E-state index in [2.05, 4.69) is 16.0 Å². The molecule has 0 aliphatic heterocycles. The summed E-state index contributed by atoms with van der Waals surface area (Å²) in [6.07, 6.45) is 1.13. The van der Waals surface area contributed by atoms with Gasteiger partial charge in [-0.25, -0.2) is 0 Å². The lowest BCUT2D eigenvalue weighted by molar-refractivity contribution is -0.139. The Hall–Kier alpha value is -2.63. The van der Waals surface area contributed by atoms with Crippen LogP contribution in [0, 0.1) is 0 Å². The smallest absolute Gasteiger partial charge is 0.322 e. The van der Waals surface area contributed by atoms with Gasteiger partial charge in [0.1, 0.15) is 18.6 Å². The van der Waals surface area contributed by atoms with E-state index in [1.807, 2.05) is 36.6 Å². The third-order valence-corrected chi connectivity index (χ3v) is 5.00. The van der Waals surface area contributed by atoms with Crippen molar-refractivity contribution >= 4 is 35.5 Å². The number of carboxylic acids is 1. The first-order valence-electron chi connectivity index (χ1n) is 9.72. The third kappa shape index (κ3) is 9.81. The summed E-state index contributed by atoms with van der Waals surface area (Å²) in [5.41, 5.74) is 6.86. The molecule has 10 nitrogen and oxygen atoms in total. The first-order chi connectivity index (χ1) is 14.6. The summed E-state index contributed by atoms with van der Waals surface area (Å²) in [4.78, 5) is 48.0. The van der Waals surface area contributed by atoms with Crippen LogP contribution in [-0.4, -0.2) is 76.7 Å². The fourth-order valence-corrected chi connectivity index (χ4v) is 3.15. The molecule has 0 aliphatic rings. The Bertz CT molecular complexity index is 746. The van der Waals surface area contributed by atoms with E-state index in [1.54, 1.807) is 0 Å². The number of hydrogen-bond donors (Lipinski definition) is 6. The van der Waals surface area contributed by atoms with E-state index >= 15 is 0 Å². The number of aliphatic carboxylic acids is 1. The number of thioether (sulfide) groups is 1. The first kappa shape index (κ1) is 26.4. The minimum atomic E-state index is -1.38. The molecule has 31 heavy (non-hydrogen) atoms. The average Bonchev–Trinajstić information content (AvgIpc) is 2.73. The van der Waals surface area contributed by atoms with Gasteiger partial charge >= 0.3 is 5.97 Å². The highest BCUT2D eigenvalue weighted by molar-refractivity contribution is 7.98. The maximum atomic E-state index is 12.7. The number of amides is 3. The molecule has 0 radical (unpaired) electrons. The van der Waals surface area contributed by atoms with Crippen molar-refractivity contribution in [2.75, 3.05) is 18.6 Å². The summed E-state index contributed by atoms with van der Waals surface area (Å²) in [6.45, 7) is 0.634. The van der Waals surface area contributed by atoms with Crippen molar-refractivity contribution in [1.82, 2.24) is 16.0 Å². The van der Waals surface area contributed by atoms with E-state index in [0.29, 0.717) is 5.75 Å². The quantitative estimate of drug-likeness (QED) is 0.217. The predicted octanol–water partition coefficient (Wildman–Crippen LogP) is -1.14. The van der Waals surface area contributed by atoms with Gasteiger partial charge in [0.05, 0.1) is 12.1 Å². The molecule has 172 valence electrons. The van der Waals surface area contributed by atoms with E-state index in [4.69, 9.17) is 10.8 Å². The standard InChI is InChI=1S/C20H30N4O6S/c1-12(25)17(20(30)22-11-16(26)27)24-19(29)15(8-9-31-2)23-18(28)14(21)10-13-6-4-3-5-7-13/h3-7,12,14-15,17,25H,8-11,21H2,1-2H3,(H,22,30)(H,23,28)(H,24,29)(H,26,27). The molecule has 1 aromatic carbocycles. The average molecular weight is 455 g/mol. The van der Waals surface area contributed by atoms with Crippen molar-refractivity contribution < 1.29 is 29.4 Å². The van der Waals surface area contributed by atoms with Gasteiger partial charge < -0.3 is 31.9 Å². The van der Waals surface area contributed by atoms with Crippen molar-refractivity contribution in [2.45, 2.75) is 44.0 Å². The van der Waals surface area contributed by atoms with Gasteiger partial charge in [-0.2, -0.15) is 11.8 Å². The topological polar surface area (TPSA) is 171 Å². The minimum absolute atomic E-state index is 0.278. The first-order valence-corrected chi connectivity index (χ1v) is 11.1. The molecule has 0 saturated carbocycles. The Labute approximate surface area is 185 Å². The number of hydrogen-bond acceptors (Lipinski definition) is 7. The maximum Gasteiger partial charge on any atom is 0.322 e. The summed E-state index contributed by atoms with van der Waals surface area (Å²) in [6, 6.07) is 5.97. The molecule has 0 heterocycles. The Kier molecular flexibility index (Phi) is 11.6. The number of rotatable bonds is 13. The van der Waals surface area contributed by atoms with Gasteiger partial charge in [0.15, 0.2) is 0 Å². The molecule has 3 amide bonds. The highest BCUT2D eigenvalue weighted by atomic mass is 32.2. The van der Waals surface area contributed by atoms with Gasteiger partial charge in [-0.15, -0.1) is 0 Å². The third-order valence-electron chi connectivity index (χ3n) is 4.36. The van der Waals surface area contributed by atoms with Crippen molar-refractivity contribution in [1.29, 1.82) is 0 Å². The lowest BCUT2D eigenvalue weighted by Crippen LogP contribution is -2.58. The number of carbonyl (C=O) groups is 4. The van der Waals surface area contributed by atoms with Crippen LogP contribution in [-0.2, 0) is 25.6 Å². The van der Waals surface area contributed by atoms with Crippen LogP contribution in [0.25, 0.3) is 0 Å². The van der Waals surface area contributed by atoms with Crippen LogP contribution in [0.15, 0.2) is 30.3 Å². The molecular weight excluding hydrogens is 424 g/mol. The van der Waals surface area contributed by atoms with Gasteiger partial charge in [-0.1, -0.05) is 30.3 Å². The molecule has 1 rings (SSSR count). The minimum Gasteiger partial charge on any atom is -0.480 e. The lowest BCUT2D eigenvalue weighted by atomic mass is 10.1. The molecular formula is C20H30N4O6S. The second kappa shape index (κ2) is 13.6. The zero-order valence-electron chi connectivity index (χ0n) is 17.5. The van der Waals surface area contributed by atoms with Crippen LogP contribution < -0.4 is 21.7 Å². The van der Waals surface area contributed by atoms with E-state index in [1.165, 1.54) is 18.7 Å². The Balaban J connectivity index is 2.80. The number of carboxylic acid groups (broad SMARTS) is 1. The van der Waals surface area contributed by atoms with E-state index in [0.717, 1.165) is 5.56 Å². The van der Waals surface area contributed by atoms with Crippen LogP contribution in [0.3, 0.4) is 0 Å². The monoisotopic (exact) mass is 454 g/mol. The van der Waals surface area contributed by atoms with Crippen molar-refractivity contribution in [3.63, 3.8) is 0 Å². The van der Waals surface area contributed by atoms with Crippen molar-refractivity contribution in [3.8, 4) is 0 Å². The predicted molar refractivity (Wildman–Crippen MR) is 117 cm³/mol. The second-order valence-corrected chi connectivity index (χ2v) is 7.96. The number of aliphatic hydroxyl groups is 1. The summed E-state index contributed by atoms with van der Waals surface area (Å²) in [7, 11) is 0. The van der Waals surface area contributed by atoms with Crippen LogP contribution in [0.2, 0.25) is 0 Å². The van der Waals surface area contributed by atoms with Crippen LogP contribution >= 0.6 is 11.8 Å². The molecule has 11 heteroatoms. The largest absolute Gasteiger partial charge is 0.480 e. The molecule has 7 N–H and O–H groups in total. The summed E-state index contributed by atoms with van der Waals surface area (Å²) >= 11 is 1.47. The summed E-state index contributed by atoms with van der Waals surface area (Å²) < 4.78 is 0. The van der Waals surface area contributed by atoms with Crippen LogP contribution in [0.1, 0.15) is 18.9 Å². The van der Waals surface area contributed by atoms with Gasteiger partial charge in [0.25, 0.3) is 0 Å². The maximum absolute atomic E-state index is 12.7. The van der Waals surface area contributed by atoms with E-state index in [9.17, 15) is 24.3 Å². The highest BCUT2D eigenvalue weighted by Gasteiger charge is 2.30. The number of nitrogens with two attached hydrogens (primary N) is 1. The van der Waals surface area contributed by atoms with E-state index < -0.39 is 54.5 Å². The number of carbonyl (C=O) groups excluding carboxylic acids is 3. The summed E-state index contributed by atoms with van der Waals surface area (Å²) in [5.74, 6) is -2.75. The number of nitrogens with one attached hydrogen (secondary N) is 3. The van der Waals surface area contributed by atoms with Crippen molar-refractivity contribution in [3.05, 3.63) is 35.9 Å². The summed E-state index contributed by atoms with van der Waals surface area (Å²) in [5, 5.41) is 25.6. The molecule has 0 aromatic heterocycles. The van der Waals surface area contributed by atoms with Crippen LogP contribution in [0.4, 0.5) is 0 Å². The molecule has 0 aliphatic carbocycles. The van der Waals surface area contributed by atoms with Crippen LogP contribution in [0.5, 0.6) is 0 Å². The van der Waals surface area contributed by atoms with Gasteiger partial charge in [-0.3, -0.25) is 19.2 Å². The van der Waals surface area contributed by atoms with E-state index in [-0.39, 0.29) is 12.8 Å². The fourth-order valence-electron chi connectivity index (χ4n) is 2.68. The Morgan fingerprint density at radius 3 is 2.26 bits per heavy atom. The Morgan fingerprint density at radius 1 is 1.06 bits per heavy atom. The molecule has 1 aromatic rings. The number of benzene rings is 1. The molecule has 4 unspecified atom stereocenters.